The van der Waals surface area contributed by atoms with E-state index in [2.05, 4.69) is 0 Å². The summed E-state index contributed by atoms with van der Waals surface area (Å²) in [6.45, 7) is 10.9. The quantitative estimate of drug-likeness (QED) is 0.627. The summed E-state index contributed by atoms with van der Waals surface area (Å²) in [5.41, 5.74) is -1.29. The van der Waals surface area contributed by atoms with Gasteiger partial charge in [-0.15, -0.1) is 0 Å². The molecule has 0 amide bonds. The molecule has 0 rings (SSSR count). The summed E-state index contributed by atoms with van der Waals surface area (Å²) in [6, 6.07) is 0. The van der Waals surface area contributed by atoms with Crippen molar-refractivity contribution in [2.24, 2.45) is 10.8 Å². The van der Waals surface area contributed by atoms with Crippen LogP contribution in [0.15, 0.2) is 0 Å². The first-order chi connectivity index (χ1) is 9.01. The molecule has 5 heteroatoms. The van der Waals surface area contributed by atoms with Crippen molar-refractivity contribution in [3.8, 4) is 0 Å². The van der Waals surface area contributed by atoms with Crippen molar-refractivity contribution in [1.82, 2.24) is 0 Å². The van der Waals surface area contributed by atoms with Crippen LogP contribution in [0.25, 0.3) is 0 Å². The van der Waals surface area contributed by atoms with Gasteiger partial charge in [0.15, 0.2) is 0 Å². The van der Waals surface area contributed by atoms with Gasteiger partial charge in [-0.25, -0.2) is 0 Å². The van der Waals surface area contributed by atoms with Crippen LogP contribution in [0.3, 0.4) is 0 Å². The number of carboxylic acid groups (broad SMARTS) is 2. The molecule has 0 aliphatic carbocycles. The van der Waals surface area contributed by atoms with Crippen LogP contribution >= 0.6 is 0 Å². The molecule has 0 N–H and O–H groups in total. The molecule has 0 atom stereocenters. The molecule has 4 nitrogen and oxygen atoms in total. The van der Waals surface area contributed by atoms with E-state index < -0.39 is 22.8 Å². The molecule has 0 aromatic heterocycles. The van der Waals surface area contributed by atoms with E-state index in [0.717, 1.165) is 25.7 Å². The SMILES string of the molecule is CCCCC(C)(C)C(=O)[O-].CCCCC(C)(C)C(=O)[O-].[Cu+2]. The standard InChI is InChI=1S/2C8H16O2.Cu/c2*1-4-5-6-8(2,3)7(9)10;/h2*4-6H2,1-3H3,(H,9,10);/q;;+2/p-2. The molecule has 0 saturated carbocycles. The number of unbranched alkanes of at least 4 members (excludes halogenated alkanes) is 2. The van der Waals surface area contributed by atoms with E-state index in [0.29, 0.717) is 12.8 Å². The Morgan fingerprint density at radius 3 is 1.14 bits per heavy atom. The van der Waals surface area contributed by atoms with E-state index in [4.69, 9.17) is 0 Å². The Bertz CT molecular complexity index is 269. The Labute approximate surface area is 140 Å². The number of hydrogen-bond donors (Lipinski definition) is 0. The first-order valence-electron chi connectivity index (χ1n) is 7.44. The van der Waals surface area contributed by atoms with Gasteiger partial charge in [-0.3, -0.25) is 0 Å². The molecule has 0 bridgehead atoms. The largest absolute Gasteiger partial charge is 2.00 e. The van der Waals surface area contributed by atoms with Crippen LogP contribution < -0.4 is 10.2 Å². The summed E-state index contributed by atoms with van der Waals surface area (Å²) >= 11 is 0. The van der Waals surface area contributed by atoms with E-state index in [9.17, 15) is 19.8 Å². The summed E-state index contributed by atoms with van der Waals surface area (Å²) in [4.78, 5) is 20.8. The number of rotatable bonds is 8. The Balaban J connectivity index is -0.000000295. The zero-order chi connectivity index (χ0) is 16.4. The second-order valence-corrected chi connectivity index (χ2v) is 6.55. The summed E-state index contributed by atoms with van der Waals surface area (Å²) in [5.74, 6) is -1.89. The van der Waals surface area contributed by atoms with Gasteiger partial charge in [0.05, 0.1) is 0 Å². The maximum Gasteiger partial charge on any atom is 2.00 e. The molecular formula is C16H30CuO4. The van der Waals surface area contributed by atoms with Gasteiger partial charge >= 0.3 is 17.1 Å². The van der Waals surface area contributed by atoms with Gasteiger partial charge in [-0.2, -0.15) is 0 Å². The third kappa shape index (κ3) is 12.9. The van der Waals surface area contributed by atoms with E-state index >= 15 is 0 Å². The Hall–Kier alpha value is -0.541. The fourth-order valence-corrected chi connectivity index (χ4v) is 1.44. The van der Waals surface area contributed by atoms with Gasteiger partial charge in [0, 0.05) is 22.8 Å². The first kappa shape index (κ1) is 25.4. The smallest absolute Gasteiger partial charge is 0.550 e. The zero-order valence-corrected chi connectivity index (χ0v) is 15.1. The number of carboxylic acids is 2. The molecule has 0 aromatic rings. The fourth-order valence-electron chi connectivity index (χ4n) is 1.44. The molecule has 21 heavy (non-hydrogen) atoms. The first-order valence-corrected chi connectivity index (χ1v) is 7.44. The van der Waals surface area contributed by atoms with Gasteiger partial charge in [0.25, 0.3) is 0 Å². The minimum atomic E-state index is -0.944. The van der Waals surface area contributed by atoms with Gasteiger partial charge in [-0.05, 0) is 12.8 Å². The average Bonchev–Trinajstić information content (AvgIpc) is 2.34. The van der Waals surface area contributed by atoms with Crippen LogP contribution in [-0.4, -0.2) is 11.9 Å². The van der Waals surface area contributed by atoms with Gasteiger partial charge in [0.2, 0.25) is 0 Å². The molecule has 0 heterocycles. The van der Waals surface area contributed by atoms with Crippen molar-refractivity contribution in [3.05, 3.63) is 0 Å². The normalized spacial score (nSPS) is 11.0. The summed E-state index contributed by atoms with van der Waals surface area (Å²) in [6.07, 6.45) is 5.42. The van der Waals surface area contributed by atoms with Crippen molar-refractivity contribution < 1.29 is 36.9 Å². The van der Waals surface area contributed by atoms with Gasteiger partial charge in [-0.1, -0.05) is 67.2 Å². The predicted octanol–water partition coefficient (Wildman–Crippen LogP) is 1.90. The molecule has 0 aromatic carbocycles. The second kappa shape index (κ2) is 12.0. The predicted molar refractivity (Wildman–Crippen MR) is 76.6 cm³/mol. The van der Waals surface area contributed by atoms with Crippen molar-refractivity contribution >= 4 is 11.9 Å². The molecule has 0 aliphatic heterocycles. The van der Waals surface area contributed by atoms with Gasteiger partial charge in [0.1, 0.15) is 0 Å². The van der Waals surface area contributed by atoms with Crippen LogP contribution in [0, 0.1) is 10.8 Å². The van der Waals surface area contributed by atoms with Crippen LogP contribution in [0.4, 0.5) is 0 Å². The molecule has 1 radical (unpaired) electrons. The average molecular weight is 350 g/mol. The number of aliphatic carboxylic acids is 2. The summed E-state index contributed by atoms with van der Waals surface area (Å²) in [7, 11) is 0. The van der Waals surface area contributed by atoms with Crippen molar-refractivity contribution in [2.45, 2.75) is 80.1 Å². The maximum atomic E-state index is 10.4. The van der Waals surface area contributed by atoms with Crippen molar-refractivity contribution in [2.75, 3.05) is 0 Å². The van der Waals surface area contributed by atoms with Crippen LogP contribution in [0.5, 0.6) is 0 Å². The molecular weight excluding hydrogens is 320 g/mol. The maximum absolute atomic E-state index is 10.4. The van der Waals surface area contributed by atoms with Crippen molar-refractivity contribution in [3.63, 3.8) is 0 Å². The zero-order valence-electron chi connectivity index (χ0n) is 14.2. The van der Waals surface area contributed by atoms with E-state index in [1.54, 1.807) is 27.7 Å². The number of carbonyl (C=O) groups excluding carboxylic acids is 2. The third-order valence-electron chi connectivity index (χ3n) is 3.42. The second-order valence-electron chi connectivity index (χ2n) is 6.55. The summed E-state index contributed by atoms with van der Waals surface area (Å²) in [5, 5.41) is 20.8. The van der Waals surface area contributed by atoms with Crippen molar-refractivity contribution in [1.29, 1.82) is 0 Å². The van der Waals surface area contributed by atoms with E-state index in [1.807, 2.05) is 13.8 Å². The third-order valence-corrected chi connectivity index (χ3v) is 3.42. The van der Waals surface area contributed by atoms with Gasteiger partial charge < -0.3 is 19.8 Å². The van der Waals surface area contributed by atoms with Crippen LogP contribution in [0.2, 0.25) is 0 Å². The Morgan fingerprint density at radius 2 is 1.00 bits per heavy atom. The number of hydrogen-bond acceptors (Lipinski definition) is 4. The molecule has 0 saturated heterocycles. The molecule has 0 aliphatic rings. The molecule has 0 fully saturated rings. The van der Waals surface area contributed by atoms with E-state index in [-0.39, 0.29) is 17.1 Å². The fraction of sp³-hybridized carbons (Fsp3) is 0.875. The molecule has 0 unspecified atom stereocenters. The van der Waals surface area contributed by atoms with Crippen LogP contribution in [-0.2, 0) is 26.7 Å². The Morgan fingerprint density at radius 1 is 0.762 bits per heavy atom. The number of carbonyl (C=O) groups is 2. The van der Waals surface area contributed by atoms with Crippen LogP contribution in [0.1, 0.15) is 80.1 Å². The molecule has 0 spiro atoms. The Kier molecular flexibility index (Phi) is 14.6. The minimum Gasteiger partial charge on any atom is -0.550 e. The monoisotopic (exact) mass is 349 g/mol. The van der Waals surface area contributed by atoms with E-state index in [1.165, 1.54) is 0 Å². The minimum absolute atomic E-state index is 0. The molecule has 129 valence electrons. The summed E-state index contributed by atoms with van der Waals surface area (Å²) < 4.78 is 0. The topological polar surface area (TPSA) is 80.3 Å².